The van der Waals surface area contributed by atoms with Crippen LogP contribution in [0.5, 0.6) is 11.5 Å². The summed E-state index contributed by atoms with van der Waals surface area (Å²) in [5.74, 6) is 1.40. The third-order valence-electron chi connectivity index (χ3n) is 3.14. The Morgan fingerprint density at radius 3 is 3.04 bits per heavy atom. The molecule has 0 aliphatic carbocycles. The number of carbonyl (C=O) groups excluding carboxylic acids is 1. The maximum atomic E-state index is 11.8. The quantitative estimate of drug-likeness (QED) is 0.502. The average Bonchev–Trinajstić information content (AvgIpc) is 3.18. The summed E-state index contributed by atoms with van der Waals surface area (Å²) in [4.78, 5) is 11.8. The van der Waals surface area contributed by atoms with E-state index in [4.69, 9.17) is 9.47 Å². The molecule has 0 bridgehead atoms. The highest BCUT2D eigenvalue weighted by atomic mass is 32.2. The molecule has 1 aromatic heterocycles. The van der Waals surface area contributed by atoms with Crippen molar-refractivity contribution in [2.24, 2.45) is 12.1 Å². The Balaban J connectivity index is 1.56. The smallest absolute Gasteiger partial charge is 0.250 e. The van der Waals surface area contributed by atoms with Crippen LogP contribution in [0, 0.1) is 0 Å². The zero-order valence-electron chi connectivity index (χ0n) is 12.6. The lowest BCUT2D eigenvalue weighted by Gasteiger charge is -2.04. The van der Waals surface area contributed by atoms with E-state index >= 15 is 0 Å². The Hall–Kier alpha value is -2.55. The van der Waals surface area contributed by atoms with Crippen molar-refractivity contribution in [3.05, 3.63) is 30.1 Å². The van der Waals surface area contributed by atoms with Crippen LogP contribution in [-0.4, -0.2) is 38.9 Å². The van der Waals surface area contributed by atoms with Crippen molar-refractivity contribution in [3.63, 3.8) is 0 Å². The van der Waals surface area contributed by atoms with Gasteiger partial charge in [-0.05, 0) is 25.1 Å². The number of amides is 1. The minimum absolute atomic E-state index is 0.210. The summed E-state index contributed by atoms with van der Waals surface area (Å²) in [5, 5.41) is 12.4. The van der Waals surface area contributed by atoms with E-state index in [9.17, 15) is 4.79 Å². The number of ether oxygens (including phenoxy) is 2. The number of nitrogens with zero attached hydrogens (tertiary/aromatic N) is 4. The summed E-state index contributed by atoms with van der Waals surface area (Å²) in [6.45, 7) is 2.04. The van der Waals surface area contributed by atoms with Gasteiger partial charge in [0.15, 0.2) is 16.7 Å². The van der Waals surface area contributed by atoms with Gasteiger partial charge in [-0.25, -0.2) is 5.43 Å². The van der Waals surface area contributed by atoms with Gasteiger partial charge in [-0.2, -0.15) is 5.10 Å². The van der Waals surface area contributed by atoms with Crippen LogP contribution >= 0.6 is 11.8 Å². The van der Waals surface area contributed by atoms with Gasteiger partial charge >= 0.3 is 0 Å². The number of hydrazone groups is 1. The highest BCUT2D eigenvalue weighted by Gasteiger charge is 2.14. The van der Waals surface area contributed by atoms with E-state index in [2.05, 4.69) is 20.7 Å². The van der Waals surface area contributed by atoms with Crippen LogP contribution in [0.3, 0.4) is 0 Å². The van der Waals surface area contributed by atoms with Crippen molar-refractivity contribution in [2.45, 2.75) is 12.1 Å². The Labute approximate surface area is 136 Å². The van der Waals surface area contributed by atoms with Gasteiger partial charge in [0.05, 0.1) is 11.5 Å². The predicted octanol–water partition coefficient (Wildman–Crippen LogP) is 1.18. The van der Waals surface area contributed by atoms with Gasteiger partial charge in [0.1, 0.15) is 6.33 Å². The third kappa shape index (κ3) is 3.62. The molecule has 1 N–H and O–H groups in total. The first kappa shape index (κ1) is 15.3. The number of rotatable bonds is 5. The number of carbonyl (C=O) groups is 1. The fourth-order valence-corrected chi connectivity index (χ4v) is 2.58. The van der Waals surface area contributed by atoms with Crippen molar-refractivity contribution in [2.75, 3.05) is 12.5 Å². The van der Waals surface area contributed by atoms with Gasteiger partial charge in [-0.3, -0.25) is 4.79 Å². The van der Waals surface area contributed by atoms with E-state index in [0.29, 0.717) is 22.4 Å². The number of thioether (sulfide) groups is 1. The lowest BCUT2D eigenvalue weighted by Crippen LogP contribution is -2.21. The Bertz CT molecular complexity index is 759. The average molecular weight is 333 g/mol. The molecule has 1 amide bonds. The number of aryl methyl sites for hydroxylation is 1. The normalized spacial score (nSPS) is 13.2. The zero-order valence-corrected chi connectivity index (χ0v) is 13.5. The molecule has 0 unspecified atom stereocenters. The summed E-state index contributed by atoms with van der Waals surface area (Å²) in [7, 11) is 1.82. The summed E-state index contributed by atoms with van der Waals surface area (Å²) in [6.07, 6.45) is 1.59. The standard InChI is InChI=1S/C14H15N5O3S/c1-9(10-3-4-11-12(5-10)22-8-21-11)16-17-13(20)6-23-14-18-15-7-19(14)2/h3-5,7H,6,8H2,1-2H3,(H,17,20)/b16-9+. The fourth-order valence-electron chi connectivity index (χ4n) is 1.90. The first-order valence-electron chi connectivity index (χ1n) is 6.83. The maximum Gasteiger partial charge on any atom is 0.250 e. The highest BCUT2D eigenvalue weighted by molar-refractivity contribution is 7.99. The highest BCUT2D eigenvalue weighted by Crippen LogP contribution is 2.32. The number of hydrogen-bond acceptors (Lipinski definition) is 7. The van der Waals surface area contributed by atoms with Gasteiger partial charge < -0.3 is 14.0 Å². The van der Waals surface area contributed by atoms with E-state index in [1.54, 1.807) is 10.9 Å². The summed E-state index contributed by atoms with van der Waals surface area (Å²) in [5.41, 5.74) is 4.07. The largest absolute Gasteiger partial charge is 0.454 e. The fraction of sp³-hybridized carbons (Fsp3) is 0.286. The van der Waals surface area contributed by atoms with Crippen molar-refractivity contribution >= 4 is 23.4 Å². The molecule has 3 rings (SSSR count). The van der Waals surface area contributed by atoms with E-state index in [0.717, 1.165) is 5.56 Å². The van der Waals surface area contributed by atoms with Crippen LogP contribution < -0.4 is 14.9 Å². The van der Waals surface area contributed by atoms with Crippen molar-refractivity contribution in [3.8, 4) is 11.5 Å². The second kappa shape index (κ2) is 6.69. The molecule has 0 fully saturated rings. The molecule has 0 saturated carbocycles. The molecule has 0 radical (unpaired) electrons. The molecule has 0 atom stereocenters. The summed E-state index contributed by atoms with van der Waals surface area (Å²) >= 11 is 1.30. The van der Waals surface area contributed by atoms with E-state index in [-0.39, 0.29) is 18.5 Å². The monoisotopic (exact) mass is 333 g/mol. The molecule has 1 aliphatic rings. The summed E-state index contributed by atoms with van der Waals surface area (Å²) in [6, 6.07) is 5.52. The van der Waals surface area contributed by atoms with E-state index in [1.165, 1.54) is 11.8 Å². The SMILES string of the molecule is C/C(=N\NC(=O)CSc1nncn1C)c1ccc2c(c1)OCO2. The van der Waals surface area contributed by atoms with E-state index < -0.39 is 0 Å². The molecular weight excluding hydrogens is 318 g/mol. The number of benzene rings is 1. The third-order valence-corrected chi connectivity index (χ3v) is 4.18. The molecule has 1 aromatic carbocycles. The van der Waals surface area contributed by atoms with Crippen LogP contribution in [0.1, 0.15) is 12.5 Å². The Morgan fingerprint density at radius 1 is 1.43 bits per heavy atom. The zero-order chi connectivity index (χ0) is 16.2. The van der Waals surface area contributed by atoms with Crippen molar-refractivity contribution in [1.29, 1.82) is 0 Å². The van der Waals surface area contributed by atoms with Crippen LogP contribution in [0.15, 0.2) is 34.8 Å². The van der Waals surface area contributed by atoms with Gasteiger partial charge in [0.2, 0.25) is 6.79 Å². The number of aromatic nitrogens is 3. The second-order valence-electron chi connectivity index (χ2n) is 4.81. The molecule has 2 aromatic rings. The van der Waals surface area contributed by atoms with Gasteiger partial charge in [-0.1, -0.05) is 11.8 Å². The minimum atomic E-state index is -0.210. The van der Waals surface area contributed by atoms with Gasteiger partial charge in [0, 0.05) is 12.6 Å². The molecule has 0 saturated heterocycles. The van der Waals surface area contributed by atoms with Crippen LogP contribution in [0.4, 0.5) is 0 Å². The lowest BCUT2D eigenvalue weighted by atomic mass is 10.1. The minimum Gasteiger partial charge on any atom is -0.454 e. The van der Waals surface area contributed by atoms with Crippen LogP contribution in [-0.2, 0) is 11.8 Å². The molecule has 8 nitrogen and oxygen atoms in total. The van der Waals surface area contributed by atoms with Crippen LogP contribution in [0.2, 0.25) is 0 Å². The molecule has 0 spiro atoms. The Morgan fingerprint density at radius 2 is 2.26 bits per heavy atom. The first-order valence-corrected chi connectivity index (χ1v) is 7.82. The van der Waals surface area contributed by atoms with E-state index in [1.807, 2.05) is 32.2 Å². The number of fused-ring (bicyclic) bond motifs is 1. The van der Waals surface area contributed by atoms with Gasteiger partial charge in [-0.15, -0.1) is 10.2 Å². The second-order valence-corrected chi connectivity index (χ2v) is 5.76. The molecule has 9 heteroatoms. The molecule has 23 heavy (non-hydrogen) atoms. The van der Waals surface area contributed by atoms with Gasteiger partial charge in [0.25, 0.3) is 5.91 Å². The van der Waals surface area contributed by atoms with Crippen molar-refractivity contribution < 1.29 is 14.3 Å². The predicted molar refractivity (Wildman–Crippen MR) is 84.6 cm³/mol. The van der Waals surface area contributed by atoms with Crippen molar-refractivity contribution in [1.82, 2.24) is 20.2 Å². The molecule has 120 valence electrons. The molecule has 2 heterocycles. The summed E-state index contributed by atoms with van der Waals surface area (Å²) < 4.78 is 12.3. The number of nitrogens with one attached hydrogen (secondary N) is 1. The Kier molecular flexibility index (Phi) is 4.47. The first-order chi connectivity index (χ1) is 11.1. The van der Waals surface area contributed by atoms with Crippen LogP contribution in [0.25, 0.3) is 0 Å². The number of hydrogen-bond donors (Lipinski definition) is 1. The molecule has 1 aliphatic heterocycles. The maximum absolute atomic E-state index is 11.8. The lowest BCUT2D eigenvalue weighted by molar-refractivity contribution is -0.118. The topological polar surface area (TPSA) is 90.6 Å². The molecular formula is C14H15N5O3S.